The summed E-state index contributed by atoms with van der Waals surface area (Å²) in [7, 11) is 6.17. The maximum Gasteiger partial charge on any atom is 0.122 e. The van der Waals surface area contributed by atoms with Crippen molar-refractivity contribution in [1.29, 1.82) is 5.41 Å². The van der Waals surface area contributed by atoms with Crippen molar-refractivity contribution in [2.45, 2.75) is 0 Å². The minimum absolute atomic E-state index is 0.0909. The zero-order chi connectivity index (χ0) is 13.0. The summed E-state index contributed by atoms with van der Waals surface area (Å²) in [6.45, 7) is 1.95. The van der Waals surface area contributed by atoms with Gasteiger partial charge in [-0.2, -0.15) is 0 Å². The van der Waals surface area contributed by atoms with Crippen molar-refractivity contribution >= 4 is 27.5 Å². The molecule has 0 radical (unpaired) electrons. The van der Waals surface area contributed by atoms with Gasteiger partial charge in [-0.25, -0.2) is 0 Å². The van der Waals surface area contributed by atoms with E-state index >= 15 is 0 Å². The second kappa shape index (κ2) is 6.02. The number of nitrogens with two attached hydrogens (primary N) is 1. The molecule has 0 spiro atoms. The first kappa shape index (κ1) is 14.0. The Balaban J connectivity index is 2.81. The van der Waals surface area contributed by atoms with Crippen molar-refractivity contribution in [1.82, 2.24) is 4.90 Å². The molecule has 0 unspecified atom stereocenters. The molecular weight excluding hydrogens is 280 g/mol. The van der Waals surface area contributed by atoms with Gasteiger partial charge in [0.2, 0.25) is 0 Å². The SMILES string of the molecule is CN(C)CCN(C)c1ccc(C(=N)N)cc1Br. The van der Waals surface area contributed by atoms with Gasteiger partial charge in [-0.15, -0.1) is 0 Å². The second-order valence-electron chi connectivity index (χ2n) is 4.30. The van der Waals surface area contributed by atoms with E-state index in [9.17, 15) is 0 Å². The van der Waals surface area contributed by atoms with Gasteiger partial charge >= 0.3 is 0 Å². The molecule has 0 aliphatic carbocycles. The largest absolute Gasteiger partial charge is 0.384 e. The molecule has 94 valence electrons. The molecule has 5 heteroatoms. The minimum Gasteiger partial charge on any atom is -0.384 e. The van der Waals surface area contributed by atoms with Crippen LogP contribution in [-0.2, 0) is 0 Å². The highest BCUT2D eigenvalue weighted by Crippen LogP contribution is 2.26. The molecule has 1 aromatic rings. The number of nitrogens with zero attached hydrogens (tertiary/aromatic N) is 2. The normalized spacial score (nSPS) is 10.6. The van der Waals surface area contributed by atoms with E-state index in [1.807, 2.05) is 18.2 Å². The Hall–Kier alpha value is -1.07. The van der Waals surface area contributed by atoms with Crippen molar-refractivity contribution in [3.05, 3.63) is 28.2 Å². The zero-order valence-electron chi connectivity index (χ0n) is 10.5. The van der Waals surface area contributed by atoms with Crippen molar-refractivity contribution in [2.75, 3.05) is 39.1 Å². The van der Waals surface area contributed by atoms with Crippen molar-refractivity contribution < 1.29 is 0 Å². The van der Waals surface area contributed by atoms with E-state index in [0.29, 0.717) is 0 Å². The van der Waals surface area contributed by atoms with E-state index < -0.39 is 0 Å². The maximum atomic E-state index is 7.38. The average Bonchev–Trinajstić information content (AvgIpc) is 2.25. The molecule has 0 saturated heterocycles. The van der Waals surface area contributed by atoms with Crippen LogP contribution in [0.3, 0.4) is 0 Å². The van der Waals surface area contributed by atoms with Crippen molar-refractivity contribution in [3.63, 3.8) is 0 Å². The highest BCUT2D eigenvalue weighted by Gasteiger charge is 2.07. The fourth-order valence-corrected chi connectivity index (χ4v) is 2.14. The second-order valence-corrected chi connectivity index (χ2v) is 5.16. The first-order valence-corrected chi connectivity index (χ1v) is 6.21. The molecule has 0 aliphatic heterocycles. The molecule has 0 fully saturated rings. The first-order valence-electron chi connectivity index (χ1n) is 5.41. The van der Waals surface area contributed by atoms with Gasteiger partial charge in [0, 0.05) is 30.2 Å². The minimum atomic E-state index is 0.0909. The molecule has 17 heavy (non-hydrogen) atoms. The number of halogens is 1. The highest BCUT2D eigenvalue weighted by molar-refractivity contribution is 9.10. The summed E-state index contributed by atoms with van der Waals surface area (Å²) in [6.07, 6.45) is 0. The summed E-state index contributed by atoms with van der Waals surface area (Å²) in [5.41, 5.74) is 7.30. The van der Waals surface area contributed by atoms with E-state index in [2.05, 4.69) is 46.9 Å². The predicted octanol–water partition coefficient (Wildman–Crippen LogP) is 1.73. The van der Waals surface area contributed by atoms with E-state index in [1.54, 1.807) is 0 Å². The highest BCUT2D eigenvalue weighted by atomic mass is 79.9. The van der Waals surface area contributed by atoms with Crippen LogP contribution in [0.2, 0.25) is 0 Å². The summed E-state index contributed by atoms with van der Waals surface area (Å²) in [6, 6.07) is 5.73. The smallest absolute Gasteiger partial charge is 0.122 e. The summed E-state index contributed by atoms with van der Waals surface area (Å²) < 4.78 is 0.964. The molecule has 0 aromatic heterocycles. The fraction of sp³-hybridized carbons (Fsp3) is 0.417. The third-order valence-corrected chi connectivity index (χ3v) is 3.19. The number of hydrogen-bond donors (Lipinski definition) is 2. The van der Waals surface area contributed by atoms with Crippen LogP contribution in [0, 0.1) is 5.41 Å². The Labute approximate surface area is 111 Å². The number of likely N-dealkylation sites (N-methyl/N-ethyl adjacent to an activating group) is 2. The number of hydrogen-bond acceptors (Lipinski definition) is 3. The summed E-state index contributed by atoms with van der Waals surface area (Å²) in [5, 5.41) is 7.38. The fourth-order valence-electron chi connectivity index (χ4n) is 1.45. The quantitative estimate of drug-likeness (QED) is 0.643. The Morgan fingerprint density at radius 2 is 1.94 bits per heavy atom. The van der Waals surface area contributed by atoms with Gasteiger partial charge in [-0.05, 0) is 48.2 Å². The molecule has 0 aliphatic rings. The summed E-state index contributed by atoms with van der Waals surface area (Å²) in [5.74, 6) is 0.0909. The molecule has 0 amide bonds. The van der Waals surface area contributed by atoms with Crippen LogP contribution in [-0.4, -0.2) is 45.0 Å². The molecule has 3 N–H and O–H groups in total. The monoisotopic (exact) mass is 298 g/mol. The van der Waals surface area contributed by atoms with Crippen LogP contribution in [0.25, 0.3) is 0 Å². The molecule has 0 atom stereocenters. The van der Waals surface area contributed by atoms with E-state index in [-0.39, 0.29) is 5.84 Å². The molecule has 1 aromatic carbocycles. The molecule has 1 rings (SSSR count). The molecule has 0 saturated carbocycles. The van der Waals surface area contributed by atoms with Gasteiger partial charge in [-0.3, -0.25) is 5.41 Å². The van der Waals surface area contributed by atoms with Crippen LogP contribution < -0.4 is 10.6 Å². The van der Waals surface area contributed by atoms with E-state index in [0.717, 1.165) is 28.8 Å². The average molecular weight is 299 g/mol. The first-order chi connectivity index (χ1) is 7.91. The van der Waals surface area contributed by atoms with Crippen LogP contribution in [0.5, 0.6) is 0 Å². The van der Waals surface area contributed by atoms with Gasteiger partial charge < -0.3 is 15.5 Å². The van der Waals surface area contributed by atoms with Gasteiger partial charge in [0.05, 0.1) is 5.69 Å². The van der Waals surface area contributed by atoms with Crippen LogP contribution in [0.4, 0.5) is 5.69 Å². The van der Waals surface area contributed by atoms with Crippen LogP contribution in [0.1, 0.15) is 5.56 Å². The molecular formula is C12H19BrN4. The summed E-state index contributed by atoms with van der Waals surface area (Å²) in [4.78, 5) is 4.32. The third-order valence-electron chi connectivity index (χ3n) is 2.55. The molecule has 0 bridgehead atoms. The Morgan fingerprint density at radius 1 is 1.29 bits per heavy atom. The molecule has 0 heterocycles. The number of amidine groups is 1. The van der Waals surface area contributed by atoms with Gasteiger partial charge in [-0.1, -0.05) is 0 Å². The number of rotatable bonds is 5. The van der Waals surface area contributed by atoms with Gasteiger partial charge in [0.15, 0.2) is 0 Å². The van der Waals surface area contributed by atoms with Gasteiger partial charge in [0.25, 0.3) is 0 Å². The lowest BCUT2D eigenvalue weighted by Gasteiger charge is -2.23. The Morgan fingerprint density at radius 3 is 2.41 bits per heavy atom. The maximum absolute atomic E-state index is 7.38. The van der Waals surface area contributed by atoms with Crippen LogP contribution >= 0.6 is 15.9 Å². The van der Waals surface area contributed by atoms with E-state index in [1.165, 1.54) is 0 Å². The number of anilines is 1. The van der Waals surface area contributed by atoms with Crippen molar-refractivity contribution in [2.24, 2.45) is 5.73 Å². The predicted molar refractivity (Wildman–Crippen MR) is 77.0 cm³/mol. The Bertz CT molecular complexity index is 403. The van der Waals surface area contributed by atoms with E-state index in [4.69, 9.17) is 11.1 Å². The zero-order valence-corrected chi connectivity index (χ0v) is 12.1. The standard InChI is InChI=1S/C12H19BrN4/c1-16(2)6-7-17(3)11-5-4-9(12(14)15)8-10(11)13/h4-5,8H,6-7H2,1-3H3,(H3,14,15). The lowest BCUT2D eigenvalue weighted by molar-refractivity contribution is 0.416. The lowest BCUT2D eigenvalue weighted by Crippen LogP contribution is -2.28. The van der Waals surface area contributed by atoms with Gasteiger partial charge in [0.1, 0.15) is 5.84 Å². The number of nitrogen functional groups attached to an aromatic ring is 1. The lowest BCUT2D eigenvalue weighted by atomic mass is 10.2. The third kappa shape index (κ3) is 4.02. The van der Waals surface area contributed by atoms with Crippen LogP contribution in [0.15, 0.2) is 22.7 Å². The topological polar surface area (TPSA) is 56.4 Å². The summed E-state index contributed by atoms with van der Waals surface area (Å²) >= 11 is 3.52. The Kier molecular flexibility index (Phi) is 4.96. The van der Waals surface area contributed by atoms with Crippen molar-refractivity contribution in [3.8, 4) is 0 Å². The molecule has 4 nitrogen and oxygen atoms in total. The number of benzene rings is 1. The number of nitrogens with one attached hydrogen (secondary N) is 1.